The molecule has 0 saturated carbocycles. The zero-order valence-corrected chi connectivity index (χ0v) is 6.59. The van der Waals surface area contributed by atoms with Gasteiger partial charge in [0, 0.05) is 5.39 Å². The van der Waals surface area contributed by atoms with Crippen molar-refractivity contribution in [1.29, 1.82) is 0 Å². The molecule has 0 saturated heterocycles. The van der Waals surface area contributed by atoms with E-state index in [4.69, 9.17) is 4.52 Å². The molecule has 0 fully saturated rings. The summed E-state index contributed by atoms with van der Waals surface area (Å²) in [5, 5.41) is 4.98. The Morgan fingerprint density at radius 1 is 1.27 bits per heavy atom. The molecule has 11 heavy (non-hydrogen) atoms. The van der Waals surface area contributed by atoms with Crippen molar-refractivity contribution in [3.05, 3.63) is 29.5 Å². The van der Waals surface area contributed by atoms with Gasteiger partial charge in [0.1, 0.15) is 0 Å². The van der Waals surface area contributed by atoms with E-state index in [1.165, 1.54) is 5.56 Å². The van der Waals surface area contributed by atoms with Crippen LogP contribution in [0.15, 0.2) is 22.7 Å². The maximum atomic E-state index is 5.05. The largest absolute Gasteiger partial charge is 0.356 e. The van der Waals surface area contributed by atoms with Crippen LogP contribution in [-0.4, -0.2) is 5.16 Å². The summed E-state index contributed by atoms with van der Waals surface area (Å²) >= 11 is 0. The van der Waals surface area contributed by atoms with Crippen molar-refractivity contribution in [2.24, 2.45) is 0 Å². The molecular weight excluding hydrogens is 138 g/mol. The summed E-state index contributed by atoms with van der Waals surface area (Å²) in [6.07, 6.45) is 0. The van der Waals surface area contributed by atoms with Crippen molar-refractivity contribution in [2.75, 3.05) is 0 Å². The lowest BCUT2D eigenvalue weighted by Gasteiger charge is -1.89. The van der Waals surface area contributed by atoms with Crippen LogP contribution in [0.25, 0.3) is 11.0 Å². The standard InChI is InChI=1S/C9H9NO/c1-6-3-4-9-8(5-6)7(2)10-11-9/h3-5H,1-2H3. The van der Waals surface area contributed by atoms with E-state index in [1.807, 2.05) is 19.1 Å². The normalized spacial score (nSPS) is 10.7. The Balaban J connectivity index is 2.87. The molecule has 0 spiro atoms. The van der Waals surface area contributed by atoms with Crippen molar-refractivity contribution in [2.45, 2.75) is 13.8 Å². The zero-order valence-electron chi connectivity index (χ0n) is 6.59. The SMILES string of the molecule is Cc1ccc2onc(C)c2c1. The zero-order chi connectivity index (χ0) is 7.84. The molecule has 0 aliphatic heterocycles. The highest BCUT2D eigenvalue weighted by Crippen LogP contribution is 2.18. The summed E-state index contributed by atoms with van der Waals surface area (Å²) in [7, 11) is 0. The first-order valence-corrected chi connectivity index (χ1v) is 3.60. The van der Waals surface area contributed by atoms with E-state index in [1.54, 1.807) is 0 Å². The number of hydrogen-bond donors (Lipinski definition) is 0. The summed E-state index contributed by atoms with van der Waals surface area (Å²) in [6.45, 7) is 4.01. The van der Waals surface area contributed by atoms with E-state index in [0.717, 1.165) is 16.7 Å². The van der Waals surface area contributed by atoms with Gasteiger partial charge >= 0.3 is 0 Å². The Labute approximate surface area is 64.8 Å². The molecule has 1 aromatic heterocycles. The molecule has 0 aliphatic rings. The average Bonchev–Trinajstić information content (AvgIpc) is 2.33. The molecule has 56 valence electrons. The van der Waals surface area contributed by atoms with Crippen LogP contribution in [0.4, 0.5) is 0 Å². The van der Waals surface area contributed by atoms with Crippen molar-refractivity contribution in [1.82, 2.24) is 5.16 Å². The number of aryl methyl sites for hydroxylation is 2. The van der Waals surface area contributed by atoms with E-state index in [-0.39, 0.29) is 0 Å². The highest BCUT2D eigenvalue weighted by molar-refractivity contribution is 5.79. The van der Waals surface area contributed by atoms with Gasteiger partial charge in [-0.2, -0.15) is 0 Å². The van der Waals surface area contributed by atoms with Crippen molar-refractivity contribution in [3.8, 4) is 0 Å². The topological polar surface area (TPSA) is 26.0 Å². The predicted octanol–water partition coefficient (Wildman–Crippen LogP) is 2.44. The highest BCUT2D eigenvalue weighted by Gasteiger charge is 2.01. The van der Waals surface area contributed by atoms with Gasteiger partial charge in [0.05, 0.1) is 5.69 Å². The lowest BCUT2D eigenvalue weighted by Crippen LogP contribution is -1.72. The fraction of sp³-hybridized carbons (Fsp3) is 0.222. The van der Waals surface area contributed by atoms with Crippen LogP contribution in [0.1, 0.15) is 11.3 Å². The second-order valence-electron chi connectivity index (χ2n) is 2.77. The van der Waals surface area contributed by atoms with Crippen LogP contribution in [-0.2, 0) is 0 Å². The Bertz CT molecular complexity index is 389. The summed E-state index contributed by atoms with van der Waals surface area (Å²) in [5.41, 5.74) is 3.07. The van der Waals surface area contributed by atoms with E-state index >= 15 is 0 Å². The fourth-order valence-electron chi connectivity index (χ4n) is 1.17. The minimum atomic E-state index is 0.869. The molecule has 0 bridgehead atoms. The first kappa shape index (κ1) is 6.40. The molecule has 1 aromatic carbocycles. The monoisotopic (exact) mass is 147 g/mol. The number of nitrogens with zero attached hydrogens (tertiary/aromatic N) is 1. The number of aromatic nitrogens is 1. The molecule has 2 aromatic rings. The van der Waals surface area contributed by atoms with Crippen LogP contribution >= 0.6 is 0 Å². The second-order valence-corrected chi connectivity index (χ2v) is 2.77. The van der Waals surface area contributed by atoms with Gasteiger partial charge in [-0.15, -0.1) is 0 Å². The van der Waals surface area contributed by atoms with Crippen molar-refractivity contribution in [3.63, 3.8) is 0 Å². The van der Waals surface area contributed by atoms with Crippen LogP contribution in [0.5, 0.6) is 0 Å². The Kier molecular flexibility index (Phi) is 1.22. The lowest BCUT2D eigenvalue weighted by atomic mass is 10.1. The minimum absolute atomic E-state index is 0.869. The van der Waals surface area contributed by atoms with E-state index < -0.39 is 0 Å². The summed E-state index contributed by atoms with van der Waals surface area (Å²) in [6, 6.07) is 6.05. The molecule has 2 nitrogen and oxygen atoms in total. The molecule has 0 aliphatic carbocycles. The third kappa shape index (κ3) is 0.909. The number of benzene rings is 1. The van der Waals surface area contributed by atoms with Crippen LogP contribution < -0.4 is 0 Å². The molecule has 0 atom stereocenters. The Morgan fingerprint density at radius 3 is 2.91 bits per heavy atom. The Hall–Kier alpha value is -1.31. The molecule has 0 unspecified atom stereocenters. The number of rotatable bonds is 0. The summed E-state index contributed by atoms with van der Waals surface area (Å²) < 4.78 is 5.05. The Morgan fingerprint density at radius 2 is 2.09 bits per heavy atom. The quantitative estimate of drug-likeness (QED) is 0.572. The number of fused-ring (bicyclic) bond motifs is 1. The molecule has 1 heterocycles. The predicted molar refractivity (Wildman–Crippen MR) is 43.5 cm³/mol. The molecule has 2 heteroatoms. The molecular formula is C9H9NO. The third-order valence-corrected chi connectivity index (χ3v) is 1.81. The van der Waals surface area contributed by atoms with Gasteiger partial charge in [-0.05, 0) is 26.0 Å². The summed E-state index contributed by atoms with van der Waals surface area (Å²) in [4.78, 5) is 0. The fourth-order valence-corrected chi connectivity index (χ4v) is 1.17. The average molecular weight is 147 g/mol. The van der Waals surface area contributed by atoms with Crippen LogP contribution in [0.3, 0.4) is 0 Å². The maximum absolute atomic E-state index is 5.05. The lowest BCUT2D eigenvalue weighted by molar-refractivity contribution is 0.450. The first-order chi connectivity index (χ1) is 5.27. The van der Waals surface area contributed by atoms with Gasteiger partial charge in [-0.25, -0.2) is 0 Å². The molecule has 0 amide bonds. The maximum Gasteiger partial charge on any atom is 0.167 e. The van der Waals surface area contributed by atoms with Gasteiger partial charge < -0.3 is 4.52 Å². The van der Waals surface area contributed by atoms with Crippen LogP contribution in [0.2, 0.25) is 0 Å². The van der Waals surface area contributed by atoms with Gasteiger partial charge in [0.25, 0.3) is 0 Å². The first-order valence-electron chi connectivity index (χ1n) is 3.60. The minimum Gasteiger partial charge on any atom is -0.356 e. The summed E-state index contributed by atoms with van der Waals surface area (Å²) in [5.74, 6) is 0. The van der Waals surface area contributed by atoms with Crippen molar-refractivity contribution >= 4 is 11.0 Å². The van der Waals surface area contributed by atoms with Crippen molar-refractivity contribution < 1.29 is 4.52 Å². The second kappa shape index (κ2) is 2.09. The molecule has 0 radical (unpaired) electrons. The highest BCUT2D eigenvalue weighted by atomic mass is 16.5. The van der Waals surface area contributed by atoms with Gasteiger partial charge in [-0.3, -0.25) is 0 Å². The van der Waals surface area contributed by atoms with E-state index in [2.05, 4.69) is 18.1 Å². The molecule has 2 rings (SSSR count). The van der Waals surface area contributed by atoms with E-state index in [9.17, 15) is 0 Å². The van der Waals surface area contributed by atoms with Crippen LogP contribution in [0, 0.1) is 13.8 Å². The van der Waals surface area contributed by atoms with E-state index in [0.29, 0.717) is 0 Å². The molecule has 0 N–H and O–H groups in total. The van der Waals surface area contributed by atoms with Gasteiger partial charge in [-0.1, -0.05) is 16.8 Å². The smallest absolute Gasteiger partial charge is 0.167 e. The number of hydrogen-bond acceptors (Lipinski definition) is 2. The van der Waals surface area contributed by atoms with Gasteiger partial charge in [0.2, 0.25) is 0 Å². The van der Waals surface area contributed by atoms with Gasteiger partial charge in [0.15, 0.2) is 5.58 Å². The third-order valence-electron chi connectivity index (χ3n) is 1.81.